The molecule has 0 bridgehead atoms. The van der Waals surface area contributed by atoms with E-state index in [-0.39, 0.29) is 17.9 Å². The van der Waals surface area contributed by atoms with Crippen molar-refractivity contribution in [2.45, 2.75) is 19.7 Å². The highest BCUT2D eigenvalue weighted by molar-refractivity contribution is 5.95. The molecular weight excluding hydrogens is 411 g/mol. The number of ether oxygens (including phenoxy) is 2. The maximum Gasteiger partial charge on any atom is 0.416 e. The highest BCUT2D eigenvalue weighted by atomic mass is 19.4. The van der Waals surface area contributed by atoms with Gasteiger partial charge in [-0.25, -0.2) is 0 Å². The lowest BCUT2D eigenvalue weighted by atomic mass is 10.2. The summed E-state index contributed by atoms with van der Waals surface area (Å²) in [6.07, 6.45) is -1.13. The van der Waals surface area contributed by atoms with Crippen molar-refractivity contribution in [2.75, 3.05) is 12.0 Å². The van der Waals surface area contributed by atoms with Crippen molar-refractivity contribution in [2.24, 2.45) is 0 Å². The highest BCUT2D eigenvalue weighted by Crippen LogP contribution is 2.31. The molecule has 1 aromatic heterocycles. The topological polar surface area (TPSA) is 72.5 Å². The van der Waals surface area contributed by atoms with Crippen LogP contribution >= 0.6 is 0 Å². The number of hydrazine groups is 1. The minimum atomic E-state index is -4.47. The molecule has 0 saturated carbocycles. The molecule has 3 rings (SSSR count). The lowest BCUT2D eigenvalue weighted by Gasteiger charge is -2.14. The Bertz CT molecular complexity index is 1030. The van der Waals surface area contributed by atoms with E-state index in [1.807, 2.05) is 6.07 Å². The van der Waals surface area contributed by atoms with Crippen LogP contribution in [0.25, 0.3) is 0 Å². The first-order valence-electron chi connectivity index (χ1n) is 9.39. The van der Waals surface area contributed by atoms with E-state index in [1.165, 1.54) is 24.3 Å². The Labute approximate surface area is 177 Å². The van der Waals surface area contributed by atoms with Crippen molar-refractivity contribution in [1.29, 1.82) is 0 Å². The zero-order valence-electron chi connectivity index (χ0n) is 16.6. The summed E-state index contributed by atoms with van der Waals surface area (Å²) in [6, 6.07) is 12.8. The van der Waals surface area contributed by atoms with Crippen LogP contribution in [0.15, 0.2) is 67.0 Å². The number of nitrogens with zero attached hydrogens (tertiary/aromatic N) is 1. The second-order valence-corrected chi connectivity index (χ2v) is 6.40. The molecule has 0 atom stereocenters. The largest absolute Gasteiger partial charge is 0.490 e. The van der Waals surface area contributed by atoms with Crippen LogP contribution in [0, 0.1) is 0 Å². The summed E-state index contributed by atoms with van der Waals surface area (Å²) in [7, 11) is 0. The van der Waals surface area contributed by atoms with E-state index in [2.05, 4.69) is 15.8 Å². The Morgan fingerprint density at radius 1 is 1.03 bits per heavy atom. The van der Waals surface area contributed by atoms with E-state index in [1.54, 1.807) is 31.5 Å². The second-order valence-electron chi connectivity index (χ2n) is 6.40. The van der Waals surface area contributed by atoms with Gasteiger partial charge in [0.05, 0.1) is 17.9 Å². The van der Waals surface area contributed by atoms with Gasteiger partial charge in [0.1, 0.15) is 6.61 Å². The van der Waals surface area contributed by atoms with Gasteiger partial charge in [0.25, 0.3) is 5.91 Å². The molecule has 0 radical (unpaired) electrons. The smallest absolute Gasteiger partial charge is 0.416 e. The van der Waals surface area contributed by atoms with Gasteiger partial charge in [0, 0.05) is 23.5 Å². The van der Waals surface area contributed by atoms with Crippen LogP contribution in [-0.4, -0.2) is 17.5 Å². The van der Waals surface area contributed by atoms with E-state index >= 15 is 0 Å². The Hall–Kier alpha value is -3.75. The van der Waals surface area contributed by atoms with Crippen molar-refractivity contribution >= 4 is 11.6 Å². The van der Waals surface area contributed by atoms with Crippen molar-refractivity contribution in [3.8, 4) is 11.5 Å². The molecule has 2 N–H and O–H groups in total. The quantitative estimate of drug-likeness (QED) is 0.500. The van der Waals surface area contributed by atoms with E-state index in [0.717, 1.165) is 17.7 Å². The van der Waals surface area contributed by atoms with Crippen molar-refractivity contribution in [3.63, 3.8) is 0 Å². The third kappa shape index (κ3) is 6.11. The average molecular weight is 431 g/mol. The predicted molar refractivity (Wildman–Crippen MR) is 109 cm³/mol. The molecule has 0 aliphatic carbocycles. The van der Waals surface area contributed by atoms with Crippen LogP contribution in [0.3, 0.4) is 0 Å². The number of benzene rings is 2. The van der Waals surface area contributed by atoms with E-state index in [9.17, 15) is 18.0 Å². The summed E-state index contributed by atoms with van der Waals surface area (Å²) in [4.78, 5) is 16.5. The first kappa shape index (κ1) is 21.9. The molecule has 0 aliphatic heterocycles. The Balaban J connectivity index is 1.67. The zero-order valence-corrected chi connectivity index (χ0v) is 16.6. The molecule has 1 heterocycles. The molecule has 2 aromatic carbocycles. The fourth-order valence-corrected chi connectivity index (χ4v) is 2.66. The maximum atomic E-state index is 12.8. The SMILES string of the molecule is CCOc1cc(C(=O)NNc2cccc(C(F)(F)F)c2)ccc1OCc1cccnc1. The number of rotatable bonds is 8. The highest BCUT2D eigenvalue weighted by Gasteiger charge is 2.30. The van der Waals surface area contributed by atoms with Crippen LogP contribution in [0.1, 0.15) is 28.4 Å². The van der Waals surface area contributed by atoms with Gasteiger partial charge >= 0.3 is 6.18 Å². The molecule has 0 fully saturated rings. The number of carbonyl (C=O) groups is 1. The Morgan fingerprint density at radius 2 is 1.87 bits per heavy atom. The van der Waals surface area contributed by atoms with Crippen LogP contribution in [-0.2, 0) is 12.8 Å². The maximum absolute atomic E-state index is 12.8. The van der Waals surface area contributed by atoms with Gasteiger partial charge in [0.15, 0.2) is 11.5 Å². The number of carbonyl (C=O) groups excluding carboxylic acids is 1. The van der Waals surface area contributed by atoms with Crippen LogP contribution in [0.2, 0.25) is 0 Å². The third-order valence-electron chi connectivity index (χ3n) is 4.13. The van der Waals surface area contributed by atoms with E-state index in [4.69, 9.17) is 9.47 Å². The lowest BCUT2D eigenvalue weighted by Crippen LogP contribution is -2.29. The van der Waals surface area contributed by atoms with Gasteiger partial charge < -0.3 is 9.47 Å². The number of aromatic nitrogens is 1. The molecular formula is C22H20F3N3O3. The molecule has 162 valence electrons. The summed E-state index contributed by atoms with van der Waals surface area (Å²) >= 11 is 0. The van der Waals surface area contributed by atoms with Gasteiger partial charge in [-0.3, -0.25) is 20.6 Å². The summed E-state index contributed by atoms with van der Waals surface area (Å²) in [5, 5.41) is 0. The predicted octanol–water partition coefficient (Wildman–Crippen LogP) is 4.84. The number of amides is 1. The zero-order chi connectivity index (χ0) is 22.3. The minimum absolute atomic E-state index is 0.102. The summed E-state index contributed by atoms with van der Waals surface area (Å²) in [5.41, 5.74) is 5.27. The van der Waals surface area contributed by atoms with Gasteiger partial charge in [-0.15, -0.1) is 0 Å². The number of nitrogens with one attached hydrogen (secondary N) is 2. The number of alkyl halides is 3. The fourth-order valence-electron chi connectivity index (χ4n) is 2.66. The molecule has 0 aliphatic rings. The molecule has 0 saturated heterocycles. The third-order valence-corrected chi connectivity index (χ3v) is 4.13. The van der Waals surface area contributed by atoms with E-state index in [0.29, 0.717) is 18.1 Å². The molecule has 0 unspecified atom stereocenters. The molecule has 6 nitrogen and oxygen atoms in total. The molecule has 31 heavy (non-hydrogen) atoms. The first-order chi connectivity index (χ1) is 14.9. The van der Waals surface area contributed by atoms with Crippen molar-refractivity contribution in [1.82, 2.24) is 10.4 Å². The Kier molecular flexibility index (Phi) is 6.96. The summed E-state index contributed by atoms with van der Waals surface area (Å²) < 4.78 is 49.8. The average Bonchev–Trinajstić information content (AvgIpc) is 2.77. The standard InChI is InChI=1S/C22H20F3N3O3/c1-2-30-20-11-16(8-9-19(20)31-14-15-5-4-10-26-13-15)21(29)28-27-18-7-3-6-17(12-18)22(23,24)25/h3-13,27H,2,14H2,1H3,(H,28,29). The first-order valence-corrected chi connectivity index (χ1v) is 9.39. The normalized spacial score (nSPS) is 11.0. The van der Waals surface area contributed by atoms with Gasteiger partial charge in [-0.1, -0.05) is 12.1 Å². The monoisotopic (exact) mass is 431 g/mol. The van der Waals surface area contributed by atoms with Crippen molar-refractivity contribution in [3.05, 3.63) is 83.7 Å². The number of halogens is 3. The molecule has 0 spiro atoms. The summed E-state index contributed by atoms with van der Waals surface area (Å²) in [6.45, 7) is 2.43. The van der Waals surface area contributed by atoms with Gasteiger partial charge in [-0.05, 0) is 49.4 Å². The molecule has 9 heteroatoms. The fraction of sp³-hybridized carbons (Fsp3) is 0.182. The number of pyridine rings is 1. The van der Waals surface area contributed by atoms with Crippen LogP contribution in [0.4, 0.5) is 18.9 Å². The second kappa shape index (κ2) is 9.84. The minimum Gasteiger partial charge on any atom is -0.490 e. The van der Waals surface area contributed by atoms with Crippen LogP contribution in [0.5, 0.6) is 11.5 Å². The summed E-state index contributed by atoms with van der Waals surface area (Å²) in [5.74, 6) is 0.281. The number of hydrogen-bond donors (Lipinski definition) is 2. The lowest BCUT2D eigenvalue weighted by molar-refractivity contribution is -0.137. The number of hydrogen-bond acceptors (Lipinski definition) is 5. The van der Waals surface area contributed by atoms with Crippen molar-refractivity contribution < 1.29 is 27.4 Å². The number of anilines is 1. The van der Waals surface area contributed by atoms with E-state index < -0.39 is 17.6 Å². The molecule has 3 aromatic rings. The Morgan fingerprint density at radius 3 is 2.58 bits per heavy atom. The van der Waals surface area contributed by atoms with Gasteiger partial charge in [-0.2, -0.15) is 13.2 Å². The van der Waals surface area contributed by atoms with Crippen LogP contribution < -0.4 is 20.3 Å². The molecule has 1 amide bonds. The van der Waals surface area contributed by atoms with Gasteiger partial charge in [0.2, 0.25) is 0 Å².